The van der Waals surface area contributed by atoms with Crippen molar-refractivity contribution >= 4 is 16.8 Å². The van der Waals surface area contributed by atoms with Crippen LogP contribution in [0.4, 0.5) is 0 Å². The first-order chi connectivity index (χ1) is 10.5. The summed E-state index contributed by atoms with van der Waals surface area (Å²) in [4.78, 5) is 17.6. The topological polar surface area (TPSA) is 39.3 Å². The first-order valence-corrected chi connectivity index (χ1v) is 8.04. The molecule has 22 heavy (non-hydrogen) atoms. The molecule has 4 nitrogen and oxygen atoms in total. The fraction of sp³-hybridized carbons (Fsp3) is 0.444. The Kier molecular flexibility index (Phi) is 3.77. The molecule has 2 heterocycles. The second-order valence-electron chi connectivity index (χ2n) is 6.29. The molecule has 0 aliphatic rings. The number of aromatic nitrogens is 3. The fourth-order valence-electron chi connectivity index (χ4n) is 3.06. The van der Waals surface area contributed by atoms with Crippen molar-refractivity contribution in [3.63, 3.8) is 0 Å². The number of rotatable bonds is 4. The molecule has 4 heteroatoms. The van der Waals surface area contributed by atoms with Crippen LogP contribution in [0.25, 0.3) is 16.8 Å². The molecular formula is C18H23N3O. The normalized spacial score (nSPS) is 11.9. The highest BCUT2D eigenvalue weighted by Gasteiger charge is 2.16. The molecule has 2 aromatic heterocycles. The van der Waals surface area contributed by atoms with E-state index < -0.39 is 0 Å². The molecule has 0 aliphatic heterocycles. The van der Waals surface area contributed by atoms with Crippen LogP contribution in [0.2, 0.25) is 0 Å². The van der Waals surface area contributed by atoms with Gasteiger partial charge in [0, 0.05) is 17.8 Å². The SMILES string of the molecule is CCc1c(C)n(CCC(C)C)c2nc3ccccc3n2c1=O. The van der Waals surface area contributed by atoms with Gasteiger partial charge < -0.3 is 4.57 Å². The summed E-state index contributed by atoms with van der Waals surface area (Å²) in [5.41, 5.74) is 3.79. The van der Waals surface area contributed by atoms with Gasteiger partial charge in [-0.3, -0.25) is 4.79 Å². The van der Waals surface area contributed by atoms with Crippen molar-refractivity contribution in [3.8, 4) is 0 Å². The lowest BCUT2D eigenvalue weighted by Crippen LogP contribution is -2.25. The quantitative estimate of drug-likeness (QED) is 0.738. The summed E-state index contributed by atoms with van der Waals surface area (Å²) < 4.78 is 3.99. The van der Waals surface area contributed by atoms with Crippen molar-refractivity contribution in [1.82, 2.24) is 14.0 Å². The second-order valence-corrected chi connectivity index (χ2v) is 6.29. The summed E-state index contributed by atoms with van der Waals surface area (Å²) >= 11 is 0. The average Bonchev–Trinajstić information content (AvgIpc) is 2.86. The molecule has 3 aromatic rings. The Labute approximate surface area is 130 Å². The van der Waals surface area contributed by atoms with Gasteiger partial charge in [-0.05, 0) is 37.8 Å². The minimum absolute atomic E-state index is 0.0736. The van der Waals surface area contributed by atoms with E-state index in [4.69, 9.17) is 4.98 Å². The highest BCUT2D eigenvalue weighted by atomic mass is 16.1. The molecule has 0 amide bonds. The maximum atomic E-state index is 12.9. The van der Waals surface area contributed by atoms with Gasteiger partial charge in [0.25, 0.3) is 5.56 Å². The number of fused-ring (bicyclic) bond motifs is 3. The van der Waals surface area contributed by atoms with E-state index in [1.54, 1.807) is 4.40 Å². The maximum absolute atomic E-state index is 12.9. The van der Waals surface area contributed by atoms with Crippen molar-refractivity contribution in [3.05, 3.63) is 45.9 Å². The molecule has 0 radical (unpaired) electrons. The molecule has 0 atom stereocenters. The Morgan fingerprint density at radius 3 is 2.64 bits per heavy atom. The van der Waals surface area contributed by atoms with Crippen LogP contribution in [-0.4, -0.2) is 14.0 Å². The van der Waals surface area contributed by atoms with Gasteiger partial charge in [-0.25, -0.2) is 9.38 Å². The maximum Gasteiger partial charge on any atom is 0.262 e. The lowest BCUT2D eigenvalue weighted by Gasteiger charge is -2.16. The van der Waals surface area contributed by atoms with Crippen molar-refractivity contribution in [2.24, 2.45) is 5.92 Å². The number of benzene rings is 1. The molecule has 0 saturated carbocycles. The van der Waals surface area contributed by atoms with Gasteiger partial charge in [-0.2, -0.15) is 0 Å². The van der Waals surface area contributed by atoms with Crippen molar-refractivity contribution in [1.29, 1.82) is 0 Å². The van der Waals surface area contributed by atoms with Crippen molar-refractivity contribution < 1.29 is 0 Å². The third-order valence-corrected chi connectivity index (χ3v) is 4.37. The monoisotopic (exact) mass is 297 g/mol. The van der Waals surface area contributed by atoms with Crippen LogP contribution in [0, 0.1) is 12.8 Å². The van der Waals surface area contributed by atoms with E-state index >= 15 is 0 Å². The number of hydrogen-bond donors (Lipinski definition) is 0. The summed E-state index contributed by atoms with van der Waals surface area (Å²) in [7, 11) is 0. The highest BCUT2D eigenvalue weighted by Crippen LogP contribution is 2.18. The van der Waals surface area contributed by atoms with Crippen molar-refractivity contribution in [2.75, 3.05) is 0 Å². The molecule has 0 unspecified atom stereocenters. The zero-order chi connectivity index (χ0) is 15.9. The highest BCUT2D eigenvalue weighted by molar-refractivity contribution is 5.79. The van der Waals surface area contributed by atoms with E-state index in [9.17, 15) is 4.79 Å². The number of aryl methyl sites for hydroxylation is 1. The predicted molar refractivity (Wildman–Crippen MR) is 90.5 cm³/mol. The number of para-hydroxylation sites is 2. The van der Waals surface area contributed by atoms with Crippen LogP contribution in [0.15, 0.2) is 29.1 Å². The Balaban J connectivity index is 2.39. The largest absolute Gasteiger partial charge is 0.315 e. The third-order valence-electron chi connectivity index (χ3n) is 4.37. The zero-order valence-electron chi connectivity index (χ0n) is 13.8. The molecule has 116 valence electrons. The summed E-state index contributed by atoms with van der Waals surface area (Å²) in [6.07, 6.45) is 1.82. The van der Waals surface area contributed by atoms with Crippen LogP contribution in [0.1, 0.15) is 38.4 Å². The van der Waals surface area contributed by atoms with Crippen LogP contribution in [0.3, 0.4) is 0 Å². The van der Waals surface area contributed by atoms with Gasteiger partial charge in [-0.15, -0.1) is 0 Å². The summed E-state index contributed by atoms with van der Waals surface area (Å²) in [5, 5.41) is 0. The van der Waals surface area contributed by atoms with Crippen LogP contribution in [0.5, 0.6) is 0 Å². The fourth-order valence-corrected chi connectivity index (χ4v) is 3.06. The van der Waals surface area contributed by atoms with E-state index in [0.29, 0.717) is 5.92 Å². The molecular weight excluding hydrogens is 274 g/mol. The molecule has 3 rings (SSSR count). The first kappa shape index (κ1) is 14.8. The van der Waals surface area contributed by atoms with Gasteiger partial charge in [-0.1, -0.05) is 32.9 Å². The Hall–Kier alpha value is -2.10. The van der Waals surface area contributed by atoms with E-state index in [2.05, 4.69) is 18.4 Å². The molecule has 1 aromatic carbocycles. The molecule has 0 spiro atoms. The van der Waals surface area contributed by atoms with Crippen molar-refractivity contribution in [2.45, 2.75) is 47.1 Å². The Morgan fingerprint density at radius 1 is 1.23 bits per heavy atom. The van der Waals surface area contributed by atoms with E-state index in [-0.39, 0.29) is 5.56 Å². The average molecular weight is 297 g/mol. The van der Waals surface area contributed by atoms with E-state index in [0.717, 1.165) is 47.5 Å². The Morgan fingerprint density at radius 2 is 1.95 bits per heavy atom. The zero-order valence-corrected chi connectivity index (χ0v) is 13.8. The molecule has 0 N–H and O–H groups in total. The predicted octanol–water partition coefficient (Wildman–Crippen LogP) is 3.57. The third kappa shape index (κ3) is 2.23. The van der Waals surface area contributed by atoms with Gasteiger partial charge in [0.15, 0.2) is 0 Å². The van der Waals surface area contributed by atoms with Gasteiger partial charge in [0.2, 0.25) is 5.78 Å². The van der Waals surface area contributed by atoms with Gasteiger partial charge in [0.05, 0.1) is 11.0 Å². The number of nitrogens with zero attached hydrogens (tertiary/aromatic N) is 3. The second kappa shape index (κ2) is 5.59. The lowest BCUT2D eigenvalue weighted by molar-refractivity contribution is 0.509. The van der Waals surface area contributed by atoms with Crippen LogP contribution >= 0.6 is 0 Å². The summed E-state index contributed by atoms with van der Waals surface area (Å²) in [6, 6.07) is 7.86. The van der Waals surface area contributed by atoms with E-state index in [1.165, 1.54) is 0 Å². The van der Waals surface area contributed by atoms with Gasteiger partial charge >= 0.3 is 0 Å². The standard InChI is InChI=1S/C18H23N3O/c1-5-14-13(4)20(11-10-12(2)3)18-19-15-8-6-7-9-16(15)21(18)17(14)22/h6-9,12H,5,10-11H2,1-4H3. The first-order valence-electron chi connectivity index (χ1n) is 8.04. The minimum atomic E-state index is 0.0736. The molecule has 0 saturated heterocycles. The number of hydrogen-bond acceptors (Lipinski definition) is 2. The van der Waals surface area contributed by atoms with Crippen LogP contribution in [-0.2, 0) is 13.0 Å². The van der Waals surface area contributed by atoms with Crippen LogP contribution < -0.4 is 5.56 Å². The van der Waals surface area contributed by atoms with Gasteiger partial charge in [0.1, 0.15) is 0 Å². The molecule has 0 aliphatic carbocycles. The Bertz CT molecular complexity index is 887. The molecule has 0 bridgehead atoms. The summed E-state index contributed by atoms with van der Waals surface area (Å²) in [6.45, 7) is 9.42. The summed E-state index contributed by atoms with van der Waals surface area (Å²) in [5.74, 6) is 1.38. The smallest absolute Gasteiger partial charge is 0.262 e. The molecule has 0 fully saturated rings. The number of imidazole rings is 1. The van der Waals surface area contributed by atoms with E-state index in [1.807, 2.05) is 38.1 Å². The lowest BCUT2D eigenvalue weighted by atomic mass is 10.1. The minimum Gasteiger partial charge on any atom is -0.315 e.